The van der Waals surface area contributed by atoms with Crippen LogP contribution in [0.1, 0.15) is 41.5 Å². The van der Waals surface area contributed by atoms with Crippen molar-refractivity contribution in [1.82, 2.24) is 29.7 Å². The third-order valence-corrected chi connectivity index (χ3v) is 9.11. The molecule has 0 spiro atoms. The number of piperazine rings is 1. The minimum atomic E-state index is -0.808. The van der Waals surface area contributed by atoms with Crippen molar-refractivity contribution in [1.29, 1.82) is 0 Å². The largest absolute Gasteiger partial charge is 0.376 e. The minimum absolute atomic E-state index is 0.186. The molecule has 6 rings (SSSR count). The van der Waals surface area contributed by atoms with Gasteiger partial charge in [-0.05, 0) is 81.6 Å². The Kier molecular flexibility index (Phi) is 7.85. The van der Waals surface area contributed by atoms with Gasteiger partial charge in [0.15, 0.2) is 5.82 Å². The lowest BCUT2D eigenvalue weighted by molar-refractivity contribution is -0.119. The number of nitrogens with zero attached hydrogens (tertiary/aromatic N) is 4. The zero-order valence-corrected chi connectivity index (χ0v) is 25.1. The van der Waals surface area contributed by atoms with E-state index in [2.05, 4.69) is 37.0 Å². The first kappa shape index (κ1) is 29.1. The highest BCUT2D eigenvalue weighted by molar-refractivity contribution is 6.03. The predicted octanol–water partition coefficient (Wildman–Crippen LogP) is 4.56. The summed E-state index contributed by atoms with van der Waals surface area (Å²) in [5.74, 6) is -0.0440. The van der Waals surface area contributed by atoms with Gasteiger partial charge in [-0.15, -0.1) is 0 Å². The van der Waals surface area contributed by atoms with Crippen molar-refractivity contribution < 1.29 is 14.3 Å². The number of aromatic amines is 1. The van der Waals surface area contributed by atoms with Crippen molar-refractivity contribution in [2.45, 2.75) is 32.4 Å². The fourth-order valence-corrected chi connectivity index (χ4v) is 6.67. The lowest BCUT2D eigenvalue weighted by atomic mass is 9.95. The molecule has 10 heteroatoms. The Bertz CT molecular complexity index is 1660. The zero-order chi connectivity index (χ0) is 30.3. The Morgan fingerprint density at radius 1 is 1.21 bits per heavy atom. The molecule has 0 aliphatic carbocycles. The van der Waals surface area contributed by atoms with E-state index in [0.717, 1.165) is 79.8 Å². The van der Waals surface area contributed by atoms with Crippen LogP contribution in [0.2, 0.25) is 0 Å². The highest BCUT2D eigenvalue weighted by Crippen LogP contribution is 2.32. The van der Waals surface area contributed by atoms with E-state index in [9.17, 15) is 14.3 Å². The Hall–Kier alpha value is -3.99. The van der Waals surface area contributed by atoms with E-state index in [0.29, 0.717) is 22.9 Å². The average molecular weight is 586 g/mol. The van der Waals surface area contributed by atoms with E-state index in [4.69, 9.17) is 0 Å². The van der Waals surface area contributed by atoms with Gasteiger partial charge < -0.3 is 30.2 Å². The molecular weight excluding hydrogens is 545 g/mol. The van der Waals surface area contributed by atoms with Crippen LogP contribution in [0, 0.1) is 18.7 Å². The molecule has 1 amide bonds. The number of nitrogens with one attached hydrogen (secondary N) is 3. The van der Waals surface area contributed by atoms with Gasteiger partial charge >= 0.3 is 0 Å². The summed E-state index contributed by atoms with van der Waals surface area (Å²) in [6.45, 7) is 13.5. The number of H-pyrrole nitrogens is 1. The van der Waals surface area contributed by atoms with Gasteiger partial charge in [0.1, 0.15) is 11.5 Å². The molecule has 226 valence electrons. The molecule has 43 heavy (non-hydrogen) atoms. The summed E-state index contributed by atoms with van der Waals surface area (Å²) in [7, 11) is 1.71. The molecule has 4 heterocycles. The molecule has 4 aromatic rings. The van der Waals surface area contributed by atoms with Crippen molar-refractivity contribution in [2.75, 3.05) is 44.6 Å². The Morgan fingerprint density at radius 3 is 2.72 bits per heavy atom. The highest BCUT2D eigenvalue weighted by atomic mass is 19.1. The number of rotatable bonds is 8. The smallest absolute Gasteiger partial charge is 0.291 e. The second-order valence-corrected chi connectivity index (χ2v) is 12.1. The summed E-state index contributed by atoms with van der Waals surface area (Å²) in [4.78, 5) is 25.1. The number of carbonyl (C=O) groups is 1. The van der Waals surface area contributed by atoms with Crippen LogP contribution in [-0.4, -0.2) is 80.3 Å². The number of imidazole rings is 1. The van der Waals surface area contributed by atoms with Crippen LogP contribution in [-0.2, 0) is 7.05 Å². The molecule has 0 bridgehead atoms. The summed E-state index contributed by atoms with van der Waals surface area (Å²) >= 11 is 0. The molecule has 2 fully saturated rings. The van der Waals surface area contributed by atoms with Crippen molar-refractivity contribution >= 4 is 28.2 Å². The molecule has 2 aromatic carbocycles. The Morgan fingerprint density at radius 2 is 2.00 bits per heavy atom. The SMILES string of the molecule is C=C(c1ccc(NC(=O)c2ncc(-c3c(F)ccc4[nH]ccc34)n2C)cc1C)N1CCN(C(C)(O)C[C@@H]2CCNC2)CC1. The molecule has 0 saturated carbocycles. The van der Waals surface area contributed by atoms with Crippen LogP contribution in [0.3, 0.4) is 0 Å². The van der Waals surface area contributed by atoms with Crippen LogP contribution in [0.15, 0.2) is 55.4 Å². The summed E-state index contributed by atoms with van der Waals surface area (Å²) in [5.41, 5.74) is 4.52. The fourth-order valence-electron chi connectivity index (χ4n) is 6.67. The number of aliphatic hydroxyl groups is 1. The predicted molar refractivity (Wildman–Crippen MR) is 168 cm³/mol. The van der Waals surface area contributed by atoms with E-state index in [-0.39, 0.29) is 17.5 Å². The van der Waals surface area contributed by atoms with Gasteiger partial charge in [-0.2, -0.15) is 0 Å². The van der Waals surface area contributed by atoms with Gasteiger partial charge in [0, 0.05) is 72.8 Å². The molecule has 0 radical (unpaired) electrons. The van der Waals surface area contributed by atoms with Gasteiger partial charge in [-0.25, -0.2) is 9.37 Å². The average Bonchev–Trinajstić information content (AvgIpc) is 3.75. The fraction of sp³-hybridized carbons (Fsp3) is 0.394. The summed E-state index contributed by atoms with van der Waals surface area (Å²) in [6.07, 6.45) is 5.20. The number of fused-ring (bicyclic) bond motifs is 1. The first-order valence-electron chi connectivity index (χ1n) is 14.9. The molecule has 2 aliphatic rings. The van der Waals surface area contributed by atoms with Crippen molar-refractivity contribution in [3.63, 3.8) is 0 Å². The number of carbonyl (C=O) groups excluding carboxylic acids is 1. The number of aryl methyl sites for hydroxylation is 1. The number of hydrogen-bond donors (Lipinski definition) is 4. The van der Waals surface area contributed by atoms with Crippen LogP contribution in [0.25, 0.3) is 27.9 Å². The quantitative estimate of drug-likeness (QED) is 0.242. The number of hydrogen-bond acceptors (Lipinski definition) is 6. The van der Waals surface area contributed by atoms with Gasteiger partial charge in [-0.1, -0.05) is 12.6 Å². The standard InChI is InChI=1S/C33H40FN7O2/c1-21-17-24(38-32(42)31-37-20-29(39(31)4)30-26-10-12-36-28(26)8-7-27(30)34)5-6-25(21)22(2)40-13-15-41(16-14-40)33(3,43)18-23-9-11-35-19-23/h5-8,10,12,17,20,23,35-36,43H,2,9,11,13-16,18-19H2,1,3-4H3,(H,38,42)/t23-,33?/m0/s1. The van der Waals surface area contributed by atoms with Gasteiger partial charge in [0.05, 0.1) is 11.9 Å². The van der Waals surface area contributed by atoms with Gasteiger partial charge in [0.25, 0.3) is 5.91 Å². The van der Waals surface area contributed by atoms with Crippen molar-refractivity contribution in [3.05, 3.63) is 78.1 Å². The number of halogens is 1. The van der Waals surface area contributed by atoms with Crippen LogP contribution < -0.4 is 10.6 Å². The van der Waals surface area contributed by atoms with Crippen LogP contribution in [0.4, 0.5) is 10.1 Å². The van der Waals surface area contributed by atoms with Crippen molar-refractivity contribution in [2.24, 2.45) is 13.0 Å². The summed E-state index contributed by atoms with van der Waals surface area (Å²) < 4.78 is 16.5. The first-order valence-corrected chi connectivity index (χ1v) is 14.9. The van der Waals surface area contributed by atoms with E-state index >= 15 is 0 Å². The molecule has 2 aliphatic heterocycles. The number of benzene rings is 2. The maximum absolute atomic E-state index is 14.9. The lowest BCUT2D eigenvalue weighted by Gasteiger charge is -2.45. The first-order chi connectivity index (χ1) is 20.6. The van der Waals surface area contributed by atoms with Crippen LogP contribution in [0.5, 0.6) is 0 Å². The number of anilines is 1. The van der Waals surface area contributed by atoms with E-state index in [1.54, 1.807) is 23.9 Å². The van der Waals surface area contributed by atoms with E-state index < -0.39 is 5.72 Å². The topological polar surface area (TPSA) is 101 Å². The lowest BCUT2D eigenvalue weighted by Crippen LogP contribution is -2.56. The highest BCUT2D eigenvalue weighted by Gasteiger charge is 2.35. The maximum atomic E-state index is 14.9. The van der Waals surface area contributed by atoms with Gasteiger partial charge in [0.2, 0.25) is 0 Å². The minimum Gasteiger partial charge on any atom is -0.376 e. The molecule has 9 nitrogen and oxygen atoms in total. The van der Waals surface area contributed by atoms with Gasteiger partial charge in [-0.3, -0.25) is 9.69 Å². The number of aromatic nitrogens is 3. The monoisotopic (exact) mass is 585 g/mol. The molecule has 4 N–H and O–H groups in total. The third kappa shape index (κ3) is 5.70. The molecule has 2 aromatic heterocycles. The zero-order valence-electron chi connectivity index (χ0n) is 25.1. The Labute approximate surface area is 251 Å². The second-order valence-electron chi connectivity index (χ2n) is 12.1. The third-order valence-electron chi connectivity index (χ3n) is 9.11. The van der Waals surface area contributed by atoms with E-state index in [1.165, 1.54) is 12.3 Å². The van der Waals surface area contributed by atoms with E-state index in [1.807, 2.05) is 38.1 Å². The maximum Gasteiger partial charge on any atom is 0.291 e. The second kappa shape index (κ2) is 11.6. The molecule has 2 atom stereocenters. The molecule has 1 unspecified atom stereocenters. The normalized spacial score (nSPS) is 19.1. The summed E-state index contributed by atoms with van der Waals surface area (Å²) in [6, 6.07) is 10.7. The van der Waals surface area contributed by atoms with Crippen LogP contribution >= 0.6 is 0 Å². The molecule has 2 saturated heterocycles. The van der Waals surface area contributed by atoms with Crippen molar-refractivity contribution in [3.8, 4) is 11.3 Å². The summed E-state index contributed by atoms with van der Waals surface area (Å²) in [5, 5.41) is 18.3. The molecular formula is C33H40FN7O2. The Balaban J connectivity index is 1.10. The number of amides is 1.